The molecule has 214 valence electrons. The Kier molecular flexibility index (Phi) is 9.12. The Morgan fingerprint density at radius 2 is 1.48 bits per heavy atom. The minimum absolute atomic E-state index is 0.0743. The fourth-order valence-corrected chi connectivity index (χ4v) is 6.49. The molecule has 1 fully saturated rings. The lowest BCUT2D eigenvalue weighted by Crippen LogP contribution is -2.47. The van der Waals surface area contributed by atoms with E-state index >= 15 is 8.78 Å². The largest absolute Gasteiger partial charge is 0.469 e. The van der Waals surface area contributed by atoms with Crippen LogP contribution in [0.3, 0.4) is 0 Å². The van der Waals surface area contributed by atoms with E-state index in [2.05, 4.69) is 20.8 Å². The van der Waals surface area contributed by atoms with E-state index in [1.54, 1.807) is 6.07 Å². The monoisotopic (exact) mass is 567 g/mol. The summed E-state index contributed by atoms with van der Waals surface area (Å²) in [6.45, 7) is 11.0. The van der Waals surface area contributed by atoms with Crippen LogP contribution in [-0.4, -0.2) is 48.1 Å². The minimum Gasteiger partial charge on any atom is -0.469 e. The van der Waals surface area contributed by atoms with Gasteiger partial charge in [-0.25, -0.2) is 8.78 Å². The Morgan fingerprint density at radius 3 is 1.95 bits per heavy atom. The third-order valence-electron chi connectivity index (χ3n) is 7.02. The maximum absolute atomic E-state index is 16.5. The molecular formula is C32H39F2NO4Si. The molecule has 1 aliphatic rings. The maximum atomic E-state index is 16.5. The number of ether oxygens (including phenoxy) is 2. The first-order chi connectivity index (χ1) is 19.0. The predicted octanol–water partition coefficient (Wildman–Crippen LogP) is 5.90. The zero-order chi connectivity index (χ0) is 29.1. The maximum Gasteiger partial charge on any atom is 0.310 e. The highest BCUT2D eigenvalue weighted by Crippen LogP contribution is 2.48. The quantitative estimate of drug-likeness (QED) is 0.193. The van der Waals surface area contributed by atoms with E-state index < -0.39 is 39.4 Å². The van der Waals surface area contributed by atoms with Crippen molar-refractivity contribution in [2.75, 3.05) is 25.1 Å². The highest BCUT2D eigenvalue weighted by atomic mass is 28.2. The highest BCUT2D eigenvalue weighted by molar-refractivity contribution is 6.32. The van der Waals surface area contributed by atoms with Gasteiger partial charge in [-0.05, 0) is 36.1 Å². The fourth-order valence-electron chi connectivity index (χ4n) is 5.36. The first kappa shape index (κ1) is 29.9. The van der Waals surface area contributed by atoms with E-state index in [1.807, 2.05) is 79.4 Å². The Morgan fingerprint density at radius 1 is 0.950 bits per heavy atom. The lowest BCUT2D eigenvalue weighted by atomic mass is 9.78. The number of hydrogen-bond acceptors (Lipinski definition) is 5. The number of rotatable bonds is 8. The summed E-state index contributed by atoms with van der Waals surface area (Å²) < 4.78 is 50.1. The van der Waals surface area contributed by atoms with Gasteiger partial charge in [0.15, 0.2) is 21.4 Å². The van der Waals surface area contributed by atoms with Crippen LogP contribution in [0.4, 0.5) is 14.5 Å². The topological polar surface area (TPSA) is 48.0 Å². The van der Waals surface area contributed by atoms with Gasteiger partial charge in [0.25, 0.3) is 0 Å². The standard InChI is InChI=1S/C32H39F2NO4Si/c1-21-19-35(20-22(2)38-21)30-26(17-23(18-27(36)37-6)28(33)29(30)34)32(39-40-31(3,4)5,24-13-9-7-10-14-24)25-15-11-8-12-16-25/h7-17,21-22H,18-20,40H2,1-6H3. The van der Waals surface area contributed by atoms with E-state index in [4.69, 9.17) is 13.9 Å². The van der Waals surface area contributed by atoms with Gasteiger partial charge in [0.1, 0.15) is 5.60 Å². The van der Waals surface area contributed by atoms with Crippen LogP contribution in [0.25, 0.3) is 0 Å². The second-order valence-electron chi connectivity index (χ2n) is 11.7. The van der Waals surface area contributed by atoms with Crippen molar-refractivity contribution >= 4 is 21.4 Å². The number of esters is 1. The second-order valence-corrected chi connectivity index (χ2v) is 14.4. The average molecular weight is 568 g/mol. The summed E-state index contributed by atoms with van der Waals surface area (Å²) in [6.07, 6.45) is -0.790. The first-order valence-electron chi connectivity index (χ1n) is 13.7. The van der Waals surface area contributed by atoms with Crippen molar-refractivity contribution in [2.24, 2.45) is 0 Å². The third-order valence-corrected chi connectivity index (χ3v) is 8.46. The molecule has 0 radical (unpaired) electrons. The Bertz CT molecular complexity index is 1260. The van der Waals surface area contributed by atoms with Crippen molar-refractivity contribution in [2.45, 2.75) is 63.9 Å². The van der Waals surface area contributed by atoms with Crippen LogP contribution < -0.4 is 4.90 Å². The molecule has 2 atom stereocenters. The van der Waals surface area contributed by atoms with Crippen molar-refractivity contribution in [1.82, 2.24) is 0 Å². The molecule has 0 aliphatic carbocycles. The predicted molar refractivity (Wildman–Crippen MR) is 156 cm³/mol. The molecule has 8 heteroatoms. The van der Waals surface area contributed by atoms with Gasteiger partial charge in [0, 0.05) is 24.2 Å². The van der Waals surface area contributed by atoms with Gasteiger partial charge in [0.2, 0.25) is 0 Å². The fraction of sp³-hybridized carbons (Fsp3) is 0.406. The lowest BCUT2D eigenvalue weighted by molar-refractivity contribution is -0.139. The average Bonchev–Trinajstić information content (AvgIpc) is 2.91. The molecule has 1 heterocycles. The molecule has 2 unspecified atom stereocenters. The molecule has 3 aromatic rings. The van der Waals surface area contributed by atoms with Gasteiger partial charge in [0.05, 0.1) is 31.4 Å². The van der Waals surface area contributed by atoms with Gasteiger partial charge in [-0.3, -0.25) is 4.79 Å². The Labute approximate surface area is 238 Å². The molecule has 4 rings (SSSR count). The van der Waals surface area contributed by atoms with Crippen LogP contribution >= 0.6 is 0 Å². The molecule has 40 heavy (non-hydrogen) atoms. The molecule has 3 aromatic carbocycles. The van der Waals surface area contributed by atoms with Crippen LogP contribution in [0.5, 0.6) is 0 Å². The Hall–Kier alpha value is -3.07. The summed E-state index contributed by atoms with van der Waals surface area (Å²) in [5, 5.41) is -0.107. The molecular weight excluding hydrogens is 528 g/mol. The van der Waals surface area contributed by atoms with Crippen molar-refractivity contribution in [3.8, 4) is 0 Å². The SMILES string of the molecule is COC(=O)Cc1cc(C(O[SiH2]C(C)(C)C)(c2ccccc2)c2ccccc2)c(N2CC(C)OC(C)C2)c(F)c1F. The molecule has 1 saturated heterocycles. The zero-order valence-electron chi connectivity index (χ0n) is 24.2. The number of hydrogen-bond donors (Lipinski definition) is 0. The Balaban J connectivity index is 2.12. The van der Waals surface area contributed by atoms with Crippen LogP contribution in [0.15, 0.2) is 66.7 Å². The number of morpholine rings is 1. The number of halogens is 2. The lowest BCUT2D eigenvalue weighted by Gasteiger charge is -2.43. The zero-order valence-corrected chi connectivity index (χ0v) is 25.6. The molecule has 0 amide bonds. The van der Waals surface area contributed by atoms with Crippen molar-refractivity contribution in [3.63, 3.8) is 0 Å². The third kappa shape index (κ3) is 6.29. The summed E-state index contributed by atoms with van der Waals surface area (Å²) in [4.78, 5) is 14.2. The molecule has 0 bridgehead atoms. The summed E-state index contributed by atoms with van der Waals surface area (Å²) >= 11 is 0. The minimum atomic E-state index is -1.26. The molecule has 0 saturated carbocycles. The van der Waals surface area contributed by atoms with Crippen molar-refractivity contribution in [3.05, 3.63) is 101 Å². The van der Waals surface area contributed by atoms with Crippen molar-refractivity contribution < 1.29 is 27.5 Å². The van der Waals surface area contributed by atoms with Crippen LogP contribution in [0, 0.1) is 11.6 Å². The molecule has 0 N–H and O–H groups in total. The van der Waals surface area contributed by atoms with E-state index in [9.17, 15) is 4.79 Å². The van der Waals surface area contributed by atoms with Gasteiger partial charge >= 0.3 is 5.97 Å². The summed E-state index contributed by atoms with van der Waals surface area (Å²) in [7, 11) is -0.0280. The summed E-state index contributed by atoms with van der Waals surface area (Å²) in [5.74, 6) is -2.71. The number of nitrogens with zero attached hydrogens (tertiary/aromatic N) is 1. The van der Waals surface area contributed by atoms with Gasteiger partial charge < -0.3 is 18.8 Å². The number of methoxy groups -OCH3 is 1. The normalized spacial score (nSPS) is 18.4. The smallest absolute Gasteiger partial charge is 0.310 e. The first-order valence-corrected chi connectivity index (χ1v) is 15.0. The molecule has 5 nitrogen and oxygen atoms in total. The van der Waals surface area contributed by atoms with Crippen molar-refractivity contribution in [1.29, 1.82) is 0 Å². The van der Waals surface area contributed by atoms with E-state index in [0.29, 0.717) is 18.7 Å². The number of carbonyl (C=O) groups is 1. The number of benzene rings is 3. The highest BCUT2D eigenvalue weighted by Gasteiger charge is 2.44. The molecule has 1 aliphatic heterocycles. The summed E-state index contributed by atoms with van der Waals surface area (Å²) in [6, 6.07) is 20.9. The van der Waals surface area contributed by atoms with Gasteiger partial charge in [-0.1, -0.05) is 81.4 Å². The van der Waals surface area contributed by atoms with Crippen LogP contribution in [-0.2, 0) is 30.7 Å². The van der Waals surface area contributed by atoms with Gasteiger partial charge in [-0.2, -0.15) is 0 Å². The van der Waals surface area contributed by atoms with Gasteiger partial charge in [-0.15, -0.1) is 0 Å². The van der Waals surface area contributed by atoms with E-state index in [0.717, 1.165) is 11.1 Å². The second kappa shape index (κ2) is 12.2. The number of carbonyl (C=O) groups excluding carboxylic acids is 1. The number of anilines is 1. The van der Waals surface area contributed by atoms with E-state index in [-0.39, 0.29) is 28.5 Å². The molecule has 0 spiro atoms. The van der Waals surface area contributed by atoms with E-state index in [1.165, 1.54) is 7.11 Å². The summed E-state index contributed by atoms with van der Waals surface area (Å²) in [5.41, 5.74) is 0.841. The van der Waals surface area contributed by atoms with Crippen LogP contribution in [0.1, 0.15) is 56.9 Å². The molecule has 0 aromatic heterocycles. The van der Waals surface area contributed by atoms with Crippen LogP contribution in [0.2, 0.25) is 5.04 Å².